The van der Waals surface area contributed by atoms with E-state index in [1.165, 1.54) is 33.4 Å². The molecule has 5 aromatic carbocycles. The molecule has 7 rings (SSSR count). The van der Waals surface area contributed by atoms with Gasteiger partial charge in [0.1, 0.15) is 31.6 Å². The van der Waals surface area contributed by atoms with Gasteiger partial charge in [0.25, 0.3) is 0 Å². The molecule has 0 atom stereocenters. The van der Waals surface area contributed by atoms with Gasteiger partial charge >= 0.3 is 18.3 Å². The van der Waals surface area contributed by atoms with Gasteiger partial charge in [0.2, 0.25) is 5.60 Å². The van der Waals surface area contributed by atoms with Crippen molar-refractivity contribution in [2.45, 2.75) is 31.3 Å². The molecule has 3 amide bonds. The Balaban J connectivity index is 0.000000225. The van der Waals surface area contributed by atoms with Crippen molar-refractivity contribution in [2.75, 3.05) is 53.7 Å². The van der Waals surface area contributed by atoms with Crippen molar-refractivity contribution in [1.82, 2.24) is 16.1 Å². The van der Waals surface area contributed by atoms with Gasteiger partial charge in [-0.25, -0.2) is 20.3 Å². The number of fused-ring (bicyclic) bond motifs is 6. The average Bonchev–Trinajstić information content (AvgIpc) is 3.77. The minimum absolute atomic E-state index is 0. The largest absolute Gasteiger partial charge is 0.497 e. The summed E-state index contributed by atoms with van der Waals surface area (Å²) in [6.07, 6.45) is -1.75. The monoisotopic (exact) mass is 869 g/mol. The van der Waals surface area contributed by atoms with Gasteiger partial charge < -0.3 is 39.2 Å². The summed E-state index contributed by atoms with van der Waals surface area (Å²) >= 11 is 0. The Morgan fingerprint density at radius 3 is 1.27 bits per heavy atom. The number of rotatable bonds is 14. The first-order valence-corrected chi connectivity index (χ1v) is 19.7. The molecule has 14 nitrogen and oxygen atoms in total. The van der Waals surface area contributed by atoms with Crippen LogP contribution in [0.25, 0.3) is 22.3 Å². The highest BCUT2D eigenvalue weighted by atomic mass is 35.5. The van der Waals surface area contributed by atoms with E-state index in [0.29, 0.717) is 13.2 Å². The van der Waals surface area contributed by atoms with E-state index in [1.54, 1.807) is 28.1 Å². The van der Waals surface area contributed by atoms with Gasteiger partial charge in [0, 0.05) is 38.8 Å². The van der Waals surface area contributed by atoms with Crippen LogP contribution in [0.4, 0.5) is 14.4 Å². The van der Waals surface area contributed by atoms with Gasteiger partial charge in [-0.15, -0.1) is 12.4 Å². The molecule has 0 radical (unpaired) electrons. The number of halogens is 1. The van der Waals surface area contributed by atoms with Crippen LogP contribution in [0.3, 0.4) is 0 Å². The third kappa shape index (κ3) is 13.8. The molecule has 62 heavy (non-hydrogen) atoms. The second-order valence-corrected chi connectivity index (χ2v) is 14.4. The highest BCUT2D eigenvalue weighted by molar-refractivity contribution is 5.85. The Hall–Kier alpha value is -6.45. The Morgan fingerprint density at radius 1 is 0.581 bits per heavy atom. The molecule has 0 unspecified atom stereocenters. The molecule has 0 heterocycles. The Labute approximate surface area is 368 Å². The molecule has 2 aliphatic rings. The molecule has 0 aliphatic heterocycles. The summed E-state index contributed by atoms with van der Waals surface area (Å²) in [7, 11) is 3.28. The molecular weight excluding hydrogens is 816 g/mol. The number of methoxy groups -OCH3 is 2. The summed E-state index contributed by atoms with van der Waals surface area (Å²) in [5.41, 5.74) is 10.7. The van der Waals surface area contributed by atoms with Gasteiger partial charge in [-0.05, 0) is 68.8 Å². The first-order chi connectivity index (χ1) is 29.5. The topological polar surface area (TPSA) is 178 Å². The quantitative estimate of drug-likeness (QED) is 0.0365. The maximum Gasteiger partial charge on any atom is 0.435 e. The van der Waals surface area contributed by atoms with Gasteiger partial charge in [0.15, 0.2) is 0 Å². The number of hydrogen-bond donors (Lipinski definition) is 4. The summed E-state index contributed by atoms with van der Waals surface area (Å²) in [5.74, 6) is 6.68. The van der Waals surface area contributed by atoms with Gasteiger partial charge in [-0.1, -0.05) is 97.1 Å². The van der Waals surface area contributed by atoms with Gasteiger partial charge in [0.05, 0.1) is 27.4 Å². The molecule has 5 aromatic rings. The molecule has 15 heteroatoms. The lowest BCUT2D eigenvalue weighted by molar-refractivity contribution is 0.00142. The molecular formula is C47H54ClN4O10+. The lowest BCUT2D eigenvalue weighted by atomic mass is 9.98. The number of carbonyl (C=O) groups is 3. The maximum absolute atomic E-state index is 12.0. The van der Waals surface area contributed by atoms with Crippen molar-refractivity contribution < 1.29 is 47.7 Å². The summed E-state index contributed by atoms with van der Waals surface area (Å²) in [5, 5.41) is 5.18. The lowest BCUT2D eigenvalue weighted by Gasteiger charge is -2.15. The number of hydrogen-bond acceptors (Lipinski definition) is 11. The predicted octanol–water partition coefficient (Wildman–Crippen LogP) is 8.34. The molecule has 328 valence electrons. The minimum atomic E-state index is -0.854. The summed E-state index contributed by atoms with van der Waals surface area (Å²) in [4.78, 5) is 44.4. The van der Waals surface area contributed by atoms with Crippen LogP contribution in [-0.4, -0.2) is 77.6 Å². The lowest BCUT2D eigenvalue weighted by Crippen LogP contribution is -2.35. The van der Waals surface area contributed by atoms with Crippen LogP contribution >= 0.6 is 12.4 Å². The highest BCUT2D eigenvalue weighted by Gasteiger charge is 2.30. The van der Waals surface area contributed by atoms with E-state index in [9.17, 15) is 14.4 Å². The second kappa shape index (κ2) is 24.1. The van der Waals surface area contributed by atoms with Crippen LogP contribution in [0.5, 0.6) is 11.5 Å². The van der Waals surface area contributed by atoms with Crippen molar-refractivity contribution in [2.24, 2.45) is 5.90 Å². The van der Waals surface area contributed by atoms with Crippen LogP contribution in [0, 0.1) is 6.92 Å². The summed E-state index contributed by atoms with van der Waals surface area (Å²) in [6, 6.07) is 40.2. The number of nitrogens with two attached hydrogens (primary N) is 1. The maximum atomic E-state index is 12.0. The fourth-order valence-electron chi connectivity index (χ4n) is 6.81. The number of alkyl carbamates (subject to hydrolysis) is 2. The second-order valence-electron chi connectivity index (χ2n) is 14.4. The number of amides is 3. The summed E-state index contributed by atoms with van der Waals surface area (Å²) in [6.45, 7) is 8.30. The van der Waals surface area contributed by atoms with Gasteiger partial charge in [-0.3, -0.25) is 4.84 Å². The molecule has 0 spiro atoms. The first kappa shape index (κ1) is 48.2. The van der Waals surface area contributed by atoms with Crippen LogP contribution in [0.1, 0.15) is 47.9 Å². The number of nitrogens with one attached hydrogen (secondary N) is 3. The number of hydroxylamine groups is 1. The van der Waals surface area contributed by atoms with E-state index in [0.717, 1.165) is 22.6 Å². The highest BCUT2D eigenvalue weighted by Crippen LogP contribution is 2.45. The van der Waals surface area contributed by atoms with Crippen molar-refractivity contribution in [3.63, 3.8) is 0 Å². The zero-order chi connectivity index (χ0) is 43.6. The Bertz CT molecular complexity index is 2080. The molecule has 0 saturated heterocycles. The van der Waals surface area contributed by atoms with Crippen molar-refractivity contribution in [1.29, 1.82) is 0 Å². The van der Waals surface area contributed by atoms with E-state index in [4.69, 9.17) is 34.4 Å². The first-order valence-electron chi connectivity index (χ1n) is 19.7. The molecule has 2 aliphatic carbocycles. The number of carbonyl (C=O) groups excluding carboxylic acids is 3. The molecule has 0 saturated carbocycles. The SMILES string of the molecule is COc1ccc(OC)cc1.Cl.NOCCNC(=O)OCC1c2ccccc2-c2ccccc21.[CH2+]C(C)(C)OC(=O)NOCCNC(=O)OCC1c2ccccc2-c2ccccc21. The van der Waals surface area contributed by atoms with Crippen molar-refractivity contribution in [3.8, 4) is 33.8 Å². The van der Waals surface area contributed by atoms with Crippen molar-refractivity contribution >= 4 is 30.7 Å². The zero-order valence-corrected chi connectivity index (χ0v) is 36.0. The minimum Gasteiger partial charge on any atom is -0.497 e. The van der Waals surface area contributed by atoms with E-state index >= 15 is 0 Å². The fourth-order valence-corrected chi connectivity index (χ4v) is 6.81. The normalized spacial score (nSPS) is 11.8. The average molecular weight is 870 g/mol. The fraction of sp³-hybridized carbons (Fsp3) is 0.277. The van der Waals surface area contributed by atoms with Crippen LogP contribution in [0.2, 0.25) is 0 Å². The number of benzene rings is 5. The van der Waals surface area contributed by atoms with E-state index < -0.39 is 23.9 Å². The Kier molecular flexibility index (Phi) is 18.8. The van der Waals surface area contributed by atoms with E-state index in [1.807, 2.05) is 72.8 Å². The smallest absolute Gasteiger partial charge is 0.435 e. The standard InChI is InChI=1S/C22H24N2O5.C17H18N2O3.C8H10O2.ClH/c1-22(2,3)29-21(26)24-28-13-12-23-20(25)27-14-19-17-10-6-4-8-15(17)16-9-5-7-11-18(16)19;18-22-10-9-19-17(20)21-11-16-14-7-3-1-5-12(14)13-6-2-4-8-15(13)16;1-9-7-3-5-8(10-2)6-4-7;/h4-11,19H,1,12-14H2,2-3H3,(H-,23,24,25,26);1-8,16H,9-11,18H2,(H,19,20);3-6H,1-2H3;1H/p+1. The zero-order valence-electron chi connectivity index (χ0n) is 35.2. The van der Waals surface area contributed by atoms with E-state index in [-0.39, 0.29) is 50.6 Å². The van der Waals surface area contributed by atoms with Crippen LogP contribution < -0.4 is 31.5 Å². The van der Waals surface area contributed by atoms with Crippen LogP contribution in [-0.2, 0) is 23.9 Å². The third-order valence-corrected chi connectivity index (χ3v) is 9.47. The molecule has 0 fully saturated rings. The third-order valence-electron chi connectivity index (χ3n) is 9.47. The van der Waals surface area contributed by atoms with Crippen molar-refractivity contribution in [3.05, 3.63) is 151 Å². The molecule has 0 aromatic heterocycles. The predicted molar refractivity (Wildman–Crippen MR) is 238 cm³/mol. The molecule has 5 N–H and O–H groups in total. The van der Waals surface area contributed by atoms with Gasteiger partial charge in [-0.2, -0.15) is 5.48 Å². The number of ether oxygens (including phenoxy) is 5. The Morgan fingerprint density at radius 2 is 0.935 bits per heavy atom. The summed E-state index contributed by atoms with van der Waals surface area (Å²) < 4.78 is 25.6. The van der Waals surface area contributed by atoms with E-state index in [2.05, 4.69) is 76.4 Å². The van der Waals surface area contributed by atoms with Crippen LogP contribution in [0.15, 0.2) is 121 Å². The molecule has 0 bridgehead atoms.